The van der Waals surface area contributed by atoms with Gasteiger partial charge in [-0.25, -0.2) is 10.0 Å². The second kappa shape index (κ2) is 14.2. The summed E-state index contributed by atoms with van der Waals surface area (Å²) >= 11 is 1.78. The molecule has 0 bridgehead atoms. The van der Waals surface area contributed by atoms with Crippen LogP contribution in [0.5, 0.6) is 0 Å². The molecule has 5 nitrogen and oxygen atoms in total. The second-order valence-corrected chi connectivity index (χ2v) is 5.95. The highest BCUT2D eigenvalue weighted by Gasteiger charge is 2.13. The third kappa shape index (κ3) is 8.29. The van der Waals surface area contributed by atoms with Crippen LogP contribution in [-0.2, 0) is 4.79 Å². The number of carbonyl (C=O) groups excluding carboxylic acids is 1. The largest absolute Gasteiger partial charge is 0.399 e. The van der Waals surface area contributed by atoms with Crippen molar-refractivity contribution >= 4 is 42.4 Å². The number of aryl methyl sites for hydroxylation is 1. The van der Waals surface area contributed by atoms with Gasteiger partial charge in [0, 0.05) is 28.9 Å². The van der Waals surface area contributed by atoms with Crippen molar-refractivity contribution in [2.24, 2.45) is 10.1 Å². The standard InChI is InChI=1S/C14H16N4O.C5H6S.C2H6/c1-4-13(11-6-5-7-12(15)10-11)18(17-3)14(16-2)8-9-19;1-5-3-2-4-6-5;1-2/h4-10H,2-3,15H2,1H3;2-4H,1H3;1-2H3/b13-4-,14-8+;;. The predicted molar refractivity (Wildman–Crippen MR) is 120 cm³/mol. The van der Waals surface area contributed by atoms with Gasteiger partial charge in [-0.15, -0.1) is 11.3 Å². The molecule has 0 aliphatic rings. The number of anilines is 1. The topological polar surface area (TPSA) is 71.0 Å². The minimum atomic E-state index is 0.292. The average Bonchev–Trinajstić information content (AvgIpc) is 3.17. The molecule has 2 aromatic rings. The van der Waals surface area contributed by atoms with Gasteiger partial charge in [0.15, 0.2) is 5.82 Å². The number of hydrogen-bond acceptors (Lipinski definition) is 6. The fourth-order valence-electron chi connectivity index (χ4n) is 1.99. The lowest BCUT2D eigenvalue weighted by Crippen LogP contribution is -2.14. The molecule has 27 heavy (non-hydrogen) atoms. The first-order valence-electron chi connectivity index (χ1n) is 8.48. The van der Waals surface area contributed by atoms with Crippen molar-refractivity contribution in [1.82, 2.24) is 5.01 Å². The minimum absolute atomic E-state index is 0.292. The number of carbonyl (C=O) groups is 1. The molecule has 0 atom stereocenters. The molecule has 2 N–H and O–H groups in total. The molecule has 0 aliphatic heterocycles. The summed E-state index contributed by atoms with van der Waals surface area (Å²) in [6.07, 6.45) is 3.71. The van der Waals surface area contributed by atoms with Crippen molar-refractivity contribution < 1.29 is 4.79 Å². The van der Waals surface area contributed by atoms with Crippen molar-refractivity contribution in [1.29, 1.82) is 0 Å². The van der Waals surface area contributed by atoms with Gasteiger partial charge in [0.05, 0.1) is 5.70 Å². The molecular formula is C21H28N4OS. The molecule has 6 heteroatoms. The lowest BCUT2D eigenvalue weighted by molar-refractivity contribution is -0.104. The molecule has 0 fully saturated rings. The smallest absolute Gasteiger partial charge is 0.156 e. The second-order valence-electron chi connectivity index (χ2n) is 4.80. The maximum atomic E-state index is 10.6. The first-order chi connectivity index (χ1) is 13.1. The number of thiophene rings is 1. The number of hydrogen-bond donors (Lipinski definition) is 1. The fourth-order valence-corrected chi connectivity index (χ4v) is 2.52. The van der Waals surface area contributed by atoms with Crippen molar-refractivity contribution in [2.75, 3.05) is 5.73 Å². The quantitative estimate of drug-likeness (QED) is 0.239. The van der Waals surface area contributed by atoms with Gasteiger partial charge < -0.3 is 5.73 Å². The number of benzene rings is 1. The molecule has 0 amide bonds. The van der Waals surface area contributed by atoms with Crippen molar-refractivity contribution in [3.63, 3.8) is 0 Å². The number of aldehydes is 1. The molecule has 0 saturated carbocycles. The third-order valence-corrected chi connectivity index (χ3v) is 3.89. The van der Waals surface area contributed by atoms with Crippen LogP contribution in [0.25, 0.3) is 5.70 Å². The summed E-state index contributed by atoms with van der Waals surface area (Å²) in [6.45, 7) is 14.9. The zero-order valence-corrected chi connectivity index (χ0v) is 17.2. The number of hydrazone groups is 1. The molecule has 0 aliphatic carbocycles. The van der Waals surface area contributed by atoms with E-state index in [1.807, 2.05) is 39.0 Å². The Morgan fingerprint density at radius 3 is 2.30 bits per heavy atom. The molecule has 1 heterocycles. The average molecular weight is 385 g/mol. The van der Waals surface area contributed by atoms with Crippen LogP contribution in [0.2, 0.25) is 0 Å². The highest BCUT2D eigenvalue weighted by atomic mass is 32.1. The summed E-state index contributed by atoms with van der Waals surface area (Å²) < 4.78 is 0. The lowest BCUT2D eigenvalue weighted by Gasteiger charge is -2.21. The van der Waals surface area contributed by atoms with E-state index >= 15 is 0 Å². The van der Waals surface area contributed by atoms with Crippen LogP contribution in [0, 0.1) is 6.92 Å². The molecule has 0 radical (unpaired) electrons. The van der Waals surface area contributed by atoms with Gasteiger partial charge in [-0.2, -0.15) is 5.10 Å². The summed E-state index contributed by atoms with van der Waals surface area (Å²) in [5, 5.41) is 7.37. The monoisotopic (exact) mass is 384 g/mol. The minimum Gasteiger partial charge on any atom is -0.399 e. The Morgan fingerprint density at radius 2 is 1.93 bits per heavy atom. The van der Waals surface area contributed by atoms with E-state index in [1.54, 1.807) is 23.5 Å². The van der Waals surface area contributed by atoms with Crippen LogP contribution in [0.1, 0.15) is 31.2 Å². The van der Waals surface area contributed by atoms with E-state index in [1.165, 1.54) is 16.0 Å². The number of nitrogens with zero attached hydrogens (tertiary/aromatic N) is 3. The van der Waals surface area contributed by atoms with E-state index in [0.717, 1.165) is 5.56 Å². The summed E-state index contributed by atoms with van der Waals surface area (Å²) in [5.41, 5.74) is 7.95. The molecule has 0 saturated heterocycles. The zero-order valence-electron chi connectivity index (χ0n) is 16.4. The maximum Gasteiger partial charge on any atom is 0.156 e. The molecular weight excluding hydrogens is 356 g/mol. The Bertz CT molecular complexity index is 764. The maximum absolute atomic E-state index is 10.6. The van der Waals surface area contributed by atoms with Gasteiger partial charge in [0.2, 0.25) is 0 Å². The molecule has 2 rings (SSSR count). The van der Waals surface area contributed by atoms with Crippen molar-refractivity contribution in [3.05, 3.63) is 70.2 Å². The number of nitrogen functional groups attached to an aromatic ring is 1. The highest BCUT2D eigenvalue weighted by molar-refractivity contribution is 7.09. The van der Waals surface area contributed by atoms with E-state index in [2.05, 4.69) is 48.0 Å². The van der Waals surface area contributed by atoms with Crippen LogP contribution < -0.4 is 5.73 Å². The molecule has 144 valence electrons. The zero-order chi connectivity index (χ0) is 20.7. The first-order valence-corrected chi connectivity index (χ1v) is 9.36. The molecule has 0 spiro atoms. The summed E-state index contributed by atoms with van der Waals surface area (Å²) in [7, 11) is 0. The Labute approximate surface area is 166 Å². The van der Waals surface area contributed by atoms with Crippen molar-refractivity contribution in [3.8, 4) is 0 Å². The van der Waals surface area contributed by atoms with Crippen LogP contribution >= 0.6 is 11.3 Å². The normalized spacial score (nSPS) is 10.5. The van der Waals surface area contributed by atoms with E-state index in [9.17, 15) is 4.79 Å². The number of nitrogens with two attached hydrogens (primary N) is 1. The fraction of sp³-hybridized carbons (Fsp3) is 0.190. The lowest BCUT2D eigenvalue weighted by atomic mass is 10.1. The number of aliphatic imine (C=N–C) groups is 1. The Balaban J connectivity index is 0.000000702. The molecule has 1 aromatic carbocycles. The van der Waals surface area contributed by atoms with Gasteiger partial charge in [0.25, 0.3) is 0 Å². The van der Waals surface area contributed by atoms with Crippen molar-refractivity contribution in [2.45, 2.75) is 27.7 Å². The van der Waals surface area contributed by atoms with E-state index in [4.69, 9.17) is 5.73 Å². The van der Waals surface area contributed by atoms with E-state index < -0.39 is 0 Å². The number of allylic oxidation sites excluding steroid dienone is 2. The Kier molecular flexibility index (Phi) is 12.6. The van der Waals surface area contributed by atoms with Gasteiger partial charge in [-0.05, 0) is 44.1 Å². The van der Waals surface area contributed by atoms with Gasteiger partial charge >= 0.3 is 0 Å². The molecule has 0 unspecified atom stereocenters. The number of rotatable bonds is 6. The van der Waals surface area contributed by atoms with Gasteiger partial charge in [-0.1, -0.05) is 38.1 Å². The Hall–Kier alpha value is -2.99. The highest BCUT2D eigenvalue weighted by Crippen LogP contribution is 2.25. The summed E-state index contributed by atoms with van der Waals surface area (Å²) in [4.78, 5) is 15.8. The molecule has 1 aromatic heterocycles. The predicted octanol–water partition coefficient (Wildman–Crippen LogP) is 5.37. The SMILES string of the molecule is C=N/C(=C\C=O)N(N=C)/C(=C\C)c1cccc(N)c1.CC.Cc1cccs1. The van der Waals surface area contributed by atoms with Gasteiger partial charge in [-0.3, -0.25) is 4.79 Å². The van der Waals surface area contributed by atoms with Crippen LogP contribution in [0.4, 0.5) is 5.69 Å². The van der Waals surface area contributed by atoms with Crippen LogP contribution in [0.3, 0.4) is 0 Å². The van der Waals surface area contributed by atoms with Gasteiger partial charge in [0.1, 0.15) is 6.29 Å². The summed E-state index contributed by atoms with van der Waals surface area (Å²) in [5.74, 6) is 0.292. The van der Waals surface area contributed by atoms with E-state index in [-0.39, 0.29) is 0 Å². The third-order valence-electron chi connectivity index (χ3n) is 3.08. The first kappa shape index (κ1) is 24.0. The van der Waals surface area contributed by atoms with E-state index in [0.29, 0.717) is 23.5 Å². The van der Waals surface area contributed by atoms with Crippen LogP contribution in [0.15, 0.2) is 69.8 Å². The van der Waals surface area contributed by atoms with Crippen LogP contribution in [-0.4, -0.2) is 24.7 Å². The summed E-state index contributed by atoms with van der Waals surface area (Å²) in [6, 6.07) is 11.5. The Morgan fingerprint density at radius 1 is 1.22 bits per heavy atom.